The van der Waals surface area contributed by atoms with E-state index in [1.807, 2.05) is 0 Å². The van der Waals surface area contributed by atoms with Crippen molar-refractivity contribution in [2.75, 3.05) is 0 Å². The molecule has 0 N–H and O–H groups in total. The smallest absolute Gasteiger partial charge is 0.293 e. The number of carbonyl (C=O) groups is 1. The molecule has 0 aromatic heterocycles. The average molecular weight is 150 g/mol. The van der Waals surface area contributed by atoms with Crippen LogP contribution in [0, 0.1) is 5.92 Å². The number of Topliss-reactive ketones (excluding diaryl/α,β-unsaturated/α-hetero) is 1. The number of hydrogen-bond acceptors (Lipinski definition) is 1. The summed E-state index contributed by atoms with van der Waals surface area (Å²) in [6.07, 6.45) is -1.76. The van der Waals surface area contributed by atoms with Gasteiger partial charge < -0.3 is 0 Å². The summed E-state index contributed by atoms with van der Waals surface area (Å²) in [5.41, 5.74) is 0. The lowest BCUT2D eigenvalue weighted by Gasteiger charge is -2.08. The molecule has 60 valence electrons. The van der Waals surface area contributed by atoms with E-state index in [2.05, 4.69) is 0 Å². The standard InChI is InChI=1S/C7H12F2O/c1-3-5(4-2)6(10)7(8)9/h5,7H,3-4H2,1-2H3. The molecule has 1 nitrogen and oxygen atoms in total. The third-order valence-corrected chi connectivity index (χ3v) is 1.60. The third kappa shape index (κ3) is 2.42. The van der Waals surface area contributed by atoms with Crippen LogP contribution < -0.4 is 0 Å². The summed E-state index contributed by atoms with van der Waals surface area (Å²) in [4.78, 5) is 10.6. The van der Waals surface area contributed by atoms with Gasteiger partial charge in [-0.05, 0) is 12.8 Å². The van der Waals surface area contributed by atoms with Crippen molar-refractivity contribution >= 4 is 5.78 Å². The third-order valence-electron chi connectivity index (χ3n) is 1.60. The van der Waals surface area contributed by atoms with Gasteiger partial charge in [-0.1, -0.05) is 13.8 Å². The molecule has 0 saturated carbocycles. The highest BCUT2D eigenvalue weighted by molar-refractivity contribution is 5.83. The zero-order valence-corrected chi connectivity index (χ0v) is 6.23. The molecule has 0 unspecified atom stereocenters. The van der Waals surface area contributed by atoms with E-state index < -0.39 is 18.1 Å². The molecule has 0 fully saturated rings. The highest BCUT2D eigenvalue weighted by Gasteiger charge is 2.22. The molecule has 0 spiro atoms. The number of ketones is 1. The van der Waals surface area contributed by atoms with Crippen molar-refractivity contribution in [1.29, 1.82) is 0 Å². The number of carbonyl (C=O) groups excluding carboxylic acids is 1. The molecule has 0 atom stereocenters. The minimum absolute atomic E-state index is 0.444. The largest absolute Gasteiger partial charge is 0.296 e. The van der Waals surface area contributed by atoms with Gasteiger partial charge in [0, 0.05) is 5.92 Å². The fourth-order valence-corrected chi connectivity index (χ4v) is 0.869. The van der Waals surface area contributed by atoms with Crippen molar-refractivity contribution in [3.63, 3.8) is 0 Å². The molecule has 0 aliphatic rings. The minimum atomic E-state index is -2.79. The van der Waals surface area contributed by atoms with Crippen LogP contribution in [-0.2, 0) is 4.79 Å². The Bertz CT molecular complexity index is 108. The number of rotatable bonds is 4. The van der Waals surface area contributed by atoms with Crippen molar-refractivity contribution in [1.82, 2.24) is 0 Å². The lowest BCUT2D eigenvalue weighted by atomic mass is 9.99. The molecule has 0 bridgehead atoms. The Morgan fingerprint density at radius 3 is 1.80 bits per heavy atom. The van der Waals surface area contributed by atoms with Gasteiger partial charge in [0.15, 0.2) is 0 Å². The summed E-state index contributed by atoms with van der Waals surface area (Å²) in [6.45, 7) is 3.49. The van der Waals surface area contributed by atoms with Gasteiger partial charge in [-0.2, -0.15) is 0 Å². The zero-order valence-electron chi connectivity index (χ0n) is 6.23. The van der Waals surface area contributed by atoms with Gasteiger partial charge >= 0.3 is 0 Å². The molecule has 0 rings (SSSR count). The number of halogens is 2. The molecule has 0 amide bonds. The predicted octanol–water partition coefficient (Wildman–Crippen LogP) is 2.26. The first-order valence-corrected chi connectivity index (χ1v) is 3.45. The summed E-state index contributed by atoms with van der Waals surface area (Å²) in [5, 5.41) is 0. The predicted molar refractivity (Wildman–Crippen MR) is 35.1 cm³/mol. The molecular formula is C7H12F2O. The lowest BCUT2D eigenvalue weighted by molar-refractivity contribution is -0.133. The van der Waals surface area contributed by atoms with Crippen LogP contribution in [-0.4, -0.2) is 12.2 Å². The van der Waals surface area contributed by atoms with Crippen LogP contribution in [0.15, 0.2) is 0 Å². The molecular weight excluding hydrogens is 138 g/mol. The van der Waals surface area contributed by atoms with E-state index in [-0.39, 0.29) is 0 Å². The normalized spacial score (nSPS) is 11.0. The maximum Gasteiger partial charge on any atom is 0.296 e. The van der Waals surface area contributed by atoms with E-state index in [0.29, 0.717) is 12.8 Å². The first-order chi connectivity index (χ1) is 4.63. The van der Waals surface area contributed by atoms with Crippen LogP contribution in [0.5, 0.6) is 0 Å². The summed E-state index contributed by atoms with van der Waals surface area (Å²) >= 11 is 0. The van der Waals surface area contributed by atoms with Gasteiger partial charge in [-0.25, -0.2) is 8.78 Å². The topological polar surface area (TPSA) is 17.1 Å². The molecule has 0 heterocycles. The van der Waals surface area contributed by atoms with E-state index in [0.717, 1.165) is 0 Å². The van der Waals surface area contributed by atoms with Crippen LogP contribution >= 0.6 is 0 Å². The summed E-state index contributed by atoms with van der Waals surface area (Å²) in [6, 6.07) is 0. The monoisotopic (exact) mass is 150 g/mol. The SMILES string of the molecule is CCC(CC)C(=O)C(F)F. The molecule has 0 aliphatic heterocycles. The second-order valence-electron chi connectivity index (χ2n) is 2.22. The van der Waals surface area contributed by atoms with E-state index >= 15 is 0 Å². The number of hydrogen-bond donors (Lipinski definition) is 0. The molecule has 0 aromatic carbocycles. The van der Waals surface area contributed by atoms with Crippen LogP contribution in [0.4, 0.5) is 8.78 Å². The summed E-state index contributed by atoms with van der Waals surface area (Å²) in [5.74, 6) is -1.36. The maximum atomic E-state index is 11.7. The Labute approximate surface area is 59.4 Å². The first-order valence-electron chi connectivity index (χ1n) is 3.45. The second kappa shape index (κ2) is 4.36. The second-order valence-corrected chi connectivity index (χ2v) is 2.22. The minimum Gasteiger partial charge on any atom is -0.293 e. The van der Waals surface area contributed by atoms with Crippen molar-refractivity contribution in [2.45, 2.75) is 33.1 Å². The van der Waals surface area contributed by atoms with Crippen LogP contribution in [0.3, 0.4) is 0 Å². The molecule has 10 heavy (non-hydrogen) atoms. The Kier molecular flexibility index (Phi) is 4.16. The summed E-state index contributed by atoms with van der Waals surface area (Å²) < 4.78 is 23.4. The Morgan fingerprint density at radius 2 is 1.70 bits per heavy atom. The first kappa shape index (κ1) is 9.53. The number of alkyl halides is 2. The van der Waals surface area contributed by atoms with E-state index in [4.69, 9.17) is 0 Å². The van der Waals surface area contributed by atoms with Gasteiger partial charge in [0.2, 0.25) is 5.78 Å². The van der Waals surface area contributed by atoms with Crippen LogP contribution in [0.25, 0.3) is 0 Å². The van der Waals surface area contributed by atoms with Gasteiger partial charge in [0.1, 0.15) is 0 Å². The quantitative estimate of drug-likeness (QED) is 0.600. The summed E-state index contributed by atoms with van der Waals surface area (Å²) in [7, 11) is 0. The molecule has 0 aromatic rings. The van der Waals surface area contributed by atoms with Gasteiger partial charge in [0.05, 0.1) is 0 Å². The highest BCUT2D eigenvalue weighted by Crippen LogP contribution is 2.13. The van der Waals surface area contributed by atoms with Crippen molar-refractivity contribution in [3.05, 3.63) is 0 Å². The van der Waals surface area contributed by atoms with Gasteiger partial charge in [0.25, 0.3) is 6.43 Å². The fourth-order valence-electron chi connectivity index (χ4n) is 0.869. The molecule has 0 radical (unpaired) electrons. The van der Waals surface area contributed by atoms with Gasteiger partial charge in [-0.3, -0.25) is 4.79 Å². The Hall–Kier alpha value is -0.470. The molecule has 3 heteroatoms. The lowest BCUT2D eigenvalue weighted by Crippen LogP contribution is -2.20. The zero-order chi connectivity index (χ0) is 8.15. The Morgan fingerprint density at radius 1 is 1.30 bits per heavy atom. The van der Waals surface area contributed by atoms with Crippen LogP contribution in [0.2, 0.25) is 0 Å². The van der Waals surface area contributed by atoms with Crippen molar-refractivity contribution in [2.24, 2.45) is 5.92 Å². The molecule has 0 saturated heterocycles. The van der Waals surface area contributed by atoms with Crippen molar-refractivity contribution in [3.8, 4) is 0 Å². The molecule has 0 aliphatic carbocycles. The maximum absolute atomic E-state index is 11.7. The Balaban J connectivity index is 3.89. The van der Waals surface area contributed by atoms with Gasteiger partial charge in [-0.15, -0.1) is 0 Å². The average Bonchev–Trinajstić information content (AvgIpc) is 1.90. The fraction of sp³-hybridized carbons (Fsp3) is 0.857. The van der Waals surface area contributed by atoms with Crippen molar-refractivity contribution < 1.29 is 13.6 Å². The van der Waals surface area contributed by atoms with Crippen LogP contribution in [0.1, 0.15) is 26.7 Å². The van der Waals surface area contributed by atoms with E-state index in [1.165, 1.54) is 0 Å². The van der Waals surface area contributed by atoms with E-state index in [9.17, 15) is 13.6 Å². The highest BCUT2D eigenvalue weighted by atomic mass is 19.3. The van der Waals surface area contributed by atoms with E-state index in [1.54, 1.807) is 13.8 Å².